The van der Waals surface area contributed by atoms with Crippen LogP contribution in [0, 0.1) is 11.8 Å². The highest BCUT2D eigenvalue weighted by Gasteiger charge is 2.31. The summed E-state index contributed by atoms with van der Waals surface area (Å²) in [5.41, 5.74) is 0. The highest BCUT2D eigenvalue weighted by Crippen LogP contribution is 2.28. The minimum absolute atomic E-state index is 0.136. The maximum absolute atomic E-state index is 12.4. The number of unbranched alkanes of at least 4 members (excludes halogenated alkanes) is 1. The van der Waals surface area contributed by atoms with Crippen molar-refractivity contribution in [2.45, 2.75) is 89.6 Å². The Labute approximate surface area is 150 Å². The number of hydrogen-bond donors (Lipinski definition) is 3. The van der Waals surface area contributed by atoms with Crippen molar-refractivity contribution in [2.24, 2.45) is 11.8 Å². The zero-order valence-electron chi connectivity index (χ0n) is 15.3. The Morgan fingerprint density at radius 1 is 0.960 bits per heavy atom. The SMILES string of the molecule is CCCC[C@H](NC(=O)C1CCC(NC(=O)C2CCCC2)CC1)C(=O)O. The van der Waals surface area contributed by atoms with Gasteiger partial charge < -0.3 is 15.7 Å². The van der Waals surface area contributed by atoms with E-state index >= 15 is 0 Å². The average Bonchev–Trinajstić information content (AvgIpc) is 3.13. The molecule has 2 aliphatic carbocycles. The third-order valence-corrected chi connectivity index (χ3v) is 5.63. The fraction of sp³-hybridized carbons (Fsp3) is 0.842. The van der Waals surface area contributed by atoms with Crippen LogP contribution in [0.2, 0.25) is 0 Å². The lowest BCUT2D eigenvalue weighted by Crippen LogP contribution is -2.46. The predicted octanol–water partition coefficient (Wildman–Crippen LogP) is 2.61. The third-order valence-electron chi connectivity index (χ3n) is 5.63. The molecule has 0 aromatic heterocycles. The maximum Gasteiger partial charge on any atom is 0.326 e. The lowest BCUT2D eigenvalue weighted by Gasteiger charge is -2.30. The molecule has 2 aliphatic rings. The second-order valence-electron chi connectivity index (χ2n) is 7.58. The van der Waals surface area contributed by atoms with Crippen LogP contribution in [0.4, 0.5) is 0 Å². The molecular weight excluding hydrogens is 320 g/mol. The first-order chi connectivity index (χ1) is 12.0. The van der Waals surface area contributed by atoms with E-state index in [1.165, 1.54) is 0 Å². The fourth-order valence-electron chi connectivity index (χ4n) is 3.96. The Kier molecular flexibility index (Phi) is 7.72. The molecule has 6 heteroatoms. The van der Waals surface area contributed by atoms with E-state index in [1.54, 1.807) is 0 Å². The Hall–Kier alpha value is -1.59. The quantitative estimate of drug-likeness (QED) is 0.626. The molecule has 0 heterocycles. The van der Waals surface area contributed by atoms with E-state index in [2.05, 4.69) is 10.6 Å². The van der Waals surface area contributed by atoms with E-state index in [0.29, 0.717) is 19.3 Å². The summed E-state index contributed by atoms with van der Waals surface area (Å²) < 4.78 is 0. The van der Waals surface area contributed by atoms with Crippen LogP contribution >= 0.6 is 0 Å². The molecule has 0 radical (unpaired) electrons. The minimum Gasteiger partial charge on any atom is -0.480 e. The summed E-state index contributed by atoms with van der Waals surface area (Å²) in [5.74, 6) is -0.890. The molecule has 2 rings (SSSR count). The zero-order chi connectivity index (χ0) is 18.2. The summed E-state index contributed by atoms with van der Waals surface area (Å²) in [6.45, 7) is 2.00. The number of rotatable bonds is 8. The van der Waals surface area contributed by atoms with Crippen LogP contribution in [0.1, 0.15) is 77.6 Å². The summed E-state index contributed by atoms with van der Waals surface area (Å²) in [4.78, 5) is 35.8. The normalized spacial score (nSPS) is 25.3. The molecular formula is C19H32N2O4. The lowest BCUT2D eigenvalue weighted by atomic mass is 9.85. The summed E-state index contributed by atoms with van der Waals surface area (Å²) in [6.07, 6.45) is 9.47. The number of nitrogens with one attached hydrogen (secondary N) is 2. The van der Waals surface area contributed by atoms with Crippen LogP contribution in [0.3, 0.4) is 0 Å². The van der Waals surface area contributed by atoms with Crippen molar-refractivity contribution in [3.05, 3.63) is 0 Å². The first-order valence-corrected chi connectivity index (χ1v) is 9.84. The van der Waals surface area contributed by atoms with Gasteiger partial charge in [-0.05, 0) is 44.9 Å². The molecule has 2 amide bonds. The smallest absolute Gasteiger partial charge is 0.326 e. The van der Waals surface area contributed by atoms with Gasteiger partial charge in [-0.3, -0.25) is 9.59 Å². The van der Waals surface area contributed by atoms with E-state index in [1.807, 2.05) is 6.92 Å². The molecule has 1 atom stereocenters. The van der Waals surface area contributed by atoms with Crippen molar-refractivity contribution in [3.8, 4) is 0 Å². The van der Waals surface area contributed by atoms with Gasteiger partial charge in [-0.1, -0.05) is 32.6 Å². The Morgan fingerprint density at radius 2 is 1.56 bits per heavy atom. The van der Waals surface area contributed by atoms with Crippen molar-refractivity contribution in [1.82, 2.24) is 10.6 Å². The zero-order valence-corrected chi connectivity index (χ0v) is 15.3. The van der Waals surface area contributed by atoms with Gasteiger partial charge in [0, 0.05) is 17.9 Å². The average molecular weight is 352 g/mol. The van der Waals surface area contributed by atoms with E-state index in [0.717, 1.165) is 51.4 Å². The van der Waals surface area contributed by atoms with Crippen LogP contribution in [0.25, 0.3) is 0 Å². The molecule has 3 N–H and O–H groups in total. The van der Waals surface area contributed by atoms with Crippen molar-refractivity contribution in [2.75, 3.05) is 0 Å². The Balaban J connectivity index is 1.73. The third kappa shape index (κ3) is 6.01. The lowest BCUT2D eigenvalue weighted by molar-refractivity contribution is -0.143. The molecule has 25 heavy (non-hydrogen) atoms. The molecule has 0 aromatic carbocycles. The van der Waals surface area contributed by atoms with Crippen molar-refractivity contribution < 1.29 is 19.5 Å². The summed E-state index contributed by atoms with van der Waals surface area (Å²) >= 11 is 0. The maximum atomic E-state index is 12.4. The Morgan fingerprint density at radius 3 is 2.12 bits per heavy atom. The number of carbonyl (C=O) groups is 3. The molecule has 142 valence electrons. The molecule has 6 nitrogen and oxygen atoms in total. The number of carboxylic acid groups (broad SMARTS) is 1. The second kappa shape index (κ2) is 9.78. The van der Waals surface area contributed by atoms with Crippen LogP contribution in [0.5, 0.6) is 0 Å². The number of hydrogen-bond acceptors (Lipinski definition) is 3. The summed E-state index contributed by atoms with van der Waals surface area (Å²) in [6, 6.07) is -0.625. The fourth-order valence-corrected chi connectivity index (χ4v) is 3.96. The molecule has 2 saturated carbocycles. The van der Waals surface area contributed by atoms with Gasteiger partial charge in [0.05, 0.1) is 0 Å². The van der Waals surface area contributed by atoms with Crippen LogP contribution in [0.15, 0.2) is 0 Å². The highest BCUT2D eigenvalue weighted by atomic mass is 16.4. The van der Waals surface area contributed by atoms with Gasteiger partial charge >= 0.3 is 5.97 Å². The second-order valence-corrected chi connectivity index (χ2v) is 7.58. The predicted molar refractivity (Wildman–Crippen MR) is 94.9 cm³/mol. The molecule has 0 saturated heterocycles. The van der Waals surface area contributed by atoms with E-state index in [9.17, 15) is 19.5 Å². The van der Waals surface area contributed by atoms with Gasteiger partial charge in [0.2, 0.25) is 11.8 Å². The molecule has 0 spiro atoms. The first-order valence-electron chi connectivity index (χ1n) is 9.84. The largest absolute Gasteiger partial charge is 0.480 e. The molecule has 0 aliphatic heterocycles. The van der Waals surface area contributed by atoms with Crippen molar-refractivity contribution >= 4 is 17.8 Å². The Bertz CT molecular complexity index is 466. The van der Waals surface area contributed by atoms with Gasteiger partial charge in [0.25, 0.3) is 0 Å². The van der Waals surface area contributed by atoms with Gasteiger partial charge in [0.15, 0.2) is 0 Å². The summed E-state index contributed by atoms with van der Waals surface area (Å²) in [5, 5.41) is 15.1. The molecule has 2 fully saturated rings. The van der Waals surface area contributed by atoms with Gasteiger partial charge in [-0.2, -0.15) is 0 Å². The van der Waals surface area contributed by atoms with Gasteiger partial charge in [0.1, 0.15) is 6.04 Å². The number of carboxylic acids is 1. The van der Waals surface area contributed by atoms with E-state index in [4.69, 9.17) is 0 Å². The number of carbonyl (C=O) groups excluding carboxylic acids is 2. The van der Waals surface area contributed by atoms with E-state index in [-0.39, 0.29) is 29.7 Å². The molecule has 0 bridgehead atoms. The van der Waals surface area contributed by atoms with Crippen LogP contribution in [-0.4, -0.2) is 35.0 Å². The number of aliphatic carboxylic acids is 1. The standard InChI is InChI=1S/C19H32N2O4/c1-2-3-8-16(19(24)25)21-18(23)14-9-11-15(12-10-14)20-17(22)13-6-4-5-7-13/h13-16H,2-12H2,1H3,(H,20,22)(H,21,23)(H,24,25)/t14?,15?,16-/m0/s1. The van der Waals surface area contributed by atoms with Crippen molar-refractivity contribution in [3.63, 3.8) is 0 Å². The monoisotopic (exact) mass is 352 g/mol. The first kappa shape index (κ1) is 19.7. The van der Waals surface area contributed by atoms with Crippen LogP contribution in [-0.2, 0) is 14.4 Å². The highest BCUT2D eigenvalue weighted by molar-refractivity contribution is 5.85. The van der Waals surface area contributed by atoms with Crippen molar-refractivity contribution in [1.29, 1.82) is 0 Å². The number of amides is 2. The molecule has 0 aromatic rings. The topological polar surface area (TPSA) is 95.5 Å². The van der Waals surface area contributed by atoms with Gasteiger partial charge in [-0.15, -0.1) is 0 Å². The summed E-state index contributed by atoms with van der Waals surface area (Å²) in [7, 11) is 0. The van der Waals surface area contributed by atoms with Gasteiger partial charge in [-0.25, -0.2) is 4.79 Å². The van der Waals surface area contributed by atoms with E-state index < -0.39 is 12.0 Å². The molecule has 0 unspecified atom stereocenters. The van der Waals surface area contributed by atoms with Crippen LogP contribution < -0.4 is 10.6 Å². The minimum atomic E-state index is -0.959.